The molecule has 2 nitrogen and oxygen atoms in total. The molecule has 23 heavy (non-hydrogen) atoms. The third-order valence-electron chi connectivity index (χ3n) is 4.56. The van der Waals surface area contributed by atoms with Crippen molar-refractivity contribution in [1.29, 1.82) is 0 Å². The molecular formula is C16H17F3N2S2. The lowest BCUT2D eigenvalue weighted by Gasteiger charge is -2.27. The largest absolute Gasteiger partial charge is 0.441 e. The zero-order chi connectivity index (χ0) is 16.8. The highest BCUT2D eigenvalue weighted by molar-refractivity contribution is 7.80. The van der Waals surface area contributed by atoms with Gasteiger partial charge in [0.05, 0.1) is 4.99 Å². The molecule has 2 unspecified atom stereocenters. The van der Waals surface area contributed by atoms with Gasteiger partial charge in [0.2, 0.25) is 0 Å². The fourth-order valence-corrected chi connectivity index (χ4v) is 3.89. The molecule has 0 amide bonds. The summed E-state index contributed by atoms with van der Waals surface area (Å²) in [4.78, 5) is 1.12. The maximum atomic E-state index is 13.0. The zero-order valence-electron chi connectivity index (χ0n) is 12.6. The van der Waals surface area contributed by atoms with Crippen molar-refractivity contribution in [3.05, 3.63) is 29.3 Å². The van der Waals surface area contributed by atoms with Crippen molar-refractivity contribution < 1.29 is 13.2 Å². The number of anilines is 1. The monoisotopic (exact) mass is 358 g/mol. The molecule has 1 saturated heterocycles. The average molecular weight is 358 g/mol. The van der Waals surface area contributed by atoms with E-state index in [0.717, 1.165) is 29.7 Å². The van der Waals surface area contributed by atoms with E-state index >= 15 is 0 Å². The molecule has 2 atom stereocenters. The van der Waals surface area contributed by atoms with E-state index in [9.17, 15) is 13.2 Å². The standard InChI is InChI=1S/C16H17F3N2S2/c1-9(22)20-12-4-5-13-10-2-3-11(14(13)6-12)8-21(7-10)15(23)16(17,18)19/h4-6,10-11H,2-3,7-8H2,1H3,(H,20,22). The average Bonchev–Trinajstić information content (AvgIpc) is 2.75. The van der Waals surface area contributed by atoms with Gasteiger partial charge in [-0.2, -0.15) is 13.2 Å². The summed E-state index contributed by atoms with van der Waals surface area (Å²) in [5.41, 5.74) is 3.19. The number of rotatable bonds is 1. The first kappa shape index (κ1) is 16.6. The van der Waals surface area contributed by atoms with Gasteiger partial charge in [-0.3, -0.25) is 0 Å². The summed E-state index contributed by atoms with van der Waals surface area (Å²) in [6.45, 7) is 2.49. The lowest BCUT2D eigenvalue weighted by molar-refractivity contribution is -0.0658. The van der Waals surface area contributed by atoms with Gasteiger partial charge in [-0.05, 0) is 43.0 Å². The van der Waals surface area contributed by atoms with Gasteiger partial charge >= 0.3 is 6.18 Å². The van der Waals surface area contributed by atoms with Gasteiger partial charge in [0.25, 0.3) is 0 Å². The molecule has 1 aliphatic carbocycles. The van der Waals surface area contributed by atoms with Crippen LogP contribution in [0.3, 0.4) is 0 Å². The minimum Gasteiger partial charge on any atom is -0.357 e. The van der Waals surface area contributed by atoms with Crippen LogP contribution in [0.25, 0.3) is 0 Å². The molecule has 0 aromatic heterocycles. The van der Waals surface area contributed by atoms with Crippen LogP contribution in [-0.4, -0.2) is 34.1 Å². The molecule has 4 rings (SSSR count). The summed E-state index contributed by atoms with van der Waals surface area (Å²) in [6.07, 6.45) is -2.63. The smallest absolute Gasteiger partial charge is 0.357 e. The van der Waals surface area contributed by atoms with Gasteiger partial charge in [-0.15, -0.1) is 0 Å². The second-order valence-corrected chi connectivity index (χ2v) is 7.20. The van der Waals surface area contributed by atoms with E-state index in [2.05, 4.69) is 17.5 Å². The van der Waals surface area contributed by atoms with Crippen molar-refractivity contribution in [2.45, 2.75) is 37.8 Å². The number of hydrogen-bond acceptors (Lipinski definition) is 2. The Morgan fingerprint density at radius 3 is 2.30 bits per heavy atom. The van der Waals surface area contributed by atoms with Crippen molar-refractivity contribution in [1.82, 2.24) is 4.90 Å². The molecule has 1 aromatic rings. The second-order valence-electron chi connectivity index (χ2n) is 6.20. The van der Waals surface area contributed by atoms with Crippen LogP contribution >= 0.6 is 24.4 Å². The highest BCUT2D eigenvalue weighted by atomic mass is 32.1. The van der Waals surface area contributed by atoms with Crippen molar-refractivity contribution in [3.8, 4) is 0 Å². The van der Waals surface area contributed by atoms with Crippen LogP contribution in [-0.2, 0) is 0 Å². The van der Waals surface area contributed by atoms with E-state index in [1.54, 1.807) is 6.92 Å². The maximum Gasteiger partial charge on any atom is 0.441 e. The van der Waals surface area contributed by atoms with E-state index in [-0.39, 0.29) is 11.8 Å². The lowest BCUT2D eigenvalue weighted by atomic mass is 9.78. The third-order valence-corrected chi connectivity index (χ3v) is 5.15. The van der Waals surface area contributed by atoms with E-state index in [1.165, 1.54) is 4.90 Å². The van der Waals surface area contributed by atoms with Crippen LogP contribution < -0.4 is 5.32 Å². The van der Waals surface area contributed by atoms with Crippen LogP contribution in [0.2, 0.25) is 0 Å². The first-order chi connectivity index (χ1) is 10.8. The van der Waals surface area contributed by atoms with Crippen LogP contribution in [0.1, 0.15) is 42.7 Å². The van der Waals surface area contributed by atoms with Crippen LogP contribution in [0, 0.1) is 0 Å². The van der Waals surface area contributed by atoms with Crippen molar-refractivity contribution >= 4 is 40.1 Å². The molecule has 0 saturated carbocycles. The molecule has 2 bridgehead atoms. The molecule has 1 fully saturated rings. The van der Waals surface area contributed by atoms with Gasteiger partial charge in [0.15, 0.2) is 4.99 Å². The van der Waals surface area contributed by atoms with Gasteiger partial charge in [-0.1, -0.05) is 30.5 Å². The van der Waals surface area contributed by atoms with Crippen molar-refractivity contribution in [3.63, 3.8) is 0 Å². The summed E-state index contributed by atoms with van der Waals surface area (Å²) < 4.78 is 38.9. The Morgan fingerprint density at radius 2 is 1.74 bits per heavy atom. The molecule has 1 aromatic carbocycles. The summed E-state index contributed by atoms with van der Waals surface area (Å²) >= 11 is 9.73. The Balaban J connectivity index is 1.91. The zero-order valence-corrected chi connectivity index (χ0v) is 14.2. The molecule has 3 aliphatic rings. The number of benzene rings is 1. The molecule has 0 spiro atoms. The van der Waals surface area contributed by atoms with Gasteiger partial charge in [-0.25, -0.2) is 0 Å². The van der Waals surface area contributed by atoms with E-state index in [1.807, 2.05) is 18.2 Å². The van der Waals surface area contributed by atoms with Crippen molar-refractivity contribution in [2.24, 2.45) is 0 Å². The Morgan fingerprint density at radius 1 is 1.13 bits per heavy atom. The first-order valence-corrected chi connectivity index (χ1v) is 8.35. The quantitative estimate of drug-likeness (QED) is 0.737. The number of thiocarbonyl (C=S) groups is 2. The molecule has 7 heteroatoms. The number of hydrogen-bond donors (Lipinski definition) is 1. The Labute approximate surface area is 144 Å². The number of halogens is 3. The summed E-state index contributed by atoms with van der Waals surface area (Å²) in [6, 6.07) is 6.00. The predicted molar refractivity (Wildman–Crippen MR) is 93.3 cm³/mol. The van der Waals surface area contributed by atoms with Crippen LogP contribution in [0.5, 0.6) is 0 Å². The number of nitrogens with one attached hydrogen (secondary N) is 1. The Bertz CT molecular complexity index is 657. The fourth-order valence-electron chi connectivity index (χ4n) is 3.63. The van der Waals surface area contributed by atoms with Gasteiger partial charge in [0.1, 0.15) is 0 Å². The van der Waals surface area contributed by atoms with E-state index < -0.39 is 11.2 Å². The lowest BCUT2D eigenvalue weighted by Crippen LogP contribution is -2.41. The van der Waals surface area contributed by atoms with Crippen LogP contribution in [0.15, 0.2) is 18.2 Å². The molecule has 2 heterocycles. The SMILES string of the molecule is CC(=S)Nc1ccc2c(c1)C1CCC2CN(C(=S)C(F)(F)F)C1. The number of fused-ring (bicyclic) bond motifs is 3. The van der Waals surface area contributed by atoms with Gasteiger partial charge < -0.3 is 10.2 Å². The normalized spacial score (nSPS) is 23.2. The molecular weight excluding hydrogens is 341 g/mol. The summed E-state index contributed by atoms with van der Waals surface area (Å²) in [7, 11) is 0. The van der Waals surface area contributed by atoms with Gasteiger partial charge in [0, 0.05) is 30.6 Å². The molecule has 1 N–H and O–H groups in total. The molecule has 0 radical (unpaired) electrons. The Hall–Kier alpha value is -1.21. The van der Waals surface area contributed by atoms with Crippen LogP contribution in [0.4, 0.5) is 18.9 Å². The first-order valence-electron chi connectivity index (χ1n) is 7.53. The van der Waals surface area contributed by atoms with Crippen molar-refractivity contribution in [2.75, 3.05) is 18.4 Å². The summed E-state index contributed by atoms with van der Waals surface area (Å²) in [5, 5.41) is 3.11. The summed E-state index contributed by atoms with van der Waals surface area (Å²) in [5.74, 6) is 0.183. The predicted octanol–water partition coefficient (Wildman–Crippen LogP) is 4.61. The minimum atomic E-state index is -4.44. The number of nitrogens with zero attached hydrogens (tertiary/aromatic N) is 1. The topological polar surface area (TPSA) is 15.3 Å². The molecule has 2 aliphatic heterocycles. The minimum absolute atomic E-state index is 0.0798. The molecule has 124 valence electrons. The third kappa shape index (κ3) is 3.35. The second kappa shape index (κ2) is 6.02. The highest BCUT2D eigenvalue weighted by Gasteiger charge is 2.42. The maximum absolute atomic E-state index is 13.0. The fraction of sp³-hybridized carbons (Fsp3) is 0.500. The number of alkyl halides is 3. The highest BCUT2D eigenvalue weighted by Crippen LogP contribution is 2.44. The van der Waals surface area contributed by atoms with E-state index in [0.29, 0.717) is 18.1 Å². The van der Waals surface area contributed by atoms with E-state index in [4.69, 9.17) is 12.2 Å². The Kier molecular flexibility index (Phi) is 4.35.